The van der Waals surface area contributed by atoms with E-state index in [9.17, 15) is 4.79 Å². The molecule has 1 atom stereocenters. The normalized spacial score (nSPS) is 15.2. The van der Waals surface area contributed by atoms with Gasteiger partial charge in [0.2, 0.25) is 0 Å². The van der Waals surface area contributed by atoms with Crippen LogP contribution in [-0.4, -0.2) is 25.7 Å². The molecule has 4 heterocycles. The zero-order chi connectivity index (χ0) is 22.4. The molecule has 0 bridgehead atoms. The largest absolute Gasteiger partial charge is 0.383 e. The van der Waals surface area contributed by atoms with E-state index in [1.807, 2.05) is 44.4 Å². The molecule has 0 saturated carbocycles. The van der Waals surface area contributed by atoms with Gasteiger partial charge < -0.3 is 10.5 Å². The predicted octanol–water partition coefficient (Wildman–Crippen LogP) is 4.15. The lowest BCUT2D eigenvalue weighted by Crippen LogP contribution is -2.30. The third-order valence-corrected chi connectivity index (χ3v) is 6.12. The number of anilines is 2. The van der Waals surface area contributed by atoms with Crippen molar-refractivity contribution in [2.45, 2.75) is 26.2 Å². The molecule has 5 rings (SSSR count). The van der Waals surface area contributed by atoms with Crippen molar-refractivity contribution in [1.29, 1.82) is 0 Å². The number of carbonyl (C=O) groups is 1. The van der Waals surface area contributed by atoms with Gasteiger partial charge >= 0.3 is 0 Å². The summed E-state index contributed by atoms with van der Waals surface area (Å²) < 4.78 is 8.33. The minimum atomic E-state index is -0.151. The van der Waals surface area contributed by atoms with Crippen LogP contribution in [0.1, 0.15) is 40.2 Å². The molecule has 2 N–H and O–H groups in total. The quantitative estimate of drug-likeness (QED) is 0.459. The van der Waals surface area contributed by atoms with Gasteiger partial charge in [0.1, 0.15) is 5.82 Å². The molecule has 1 aliphatic rings. The van der Waals surface area contributed by atoms with Gasteiger partial charge in [0.25, 0.3) is 5.91 Å². The lowest BCUT2D eigenvalue weighted by atomic mass is 10.00. The number of rotatable bonds is 4. The van der Waals surface area contributed by atoms with Gasteiger partial charge in [0, 0.05) is 40.4 Å². The van der Waals surface area contributed by atoms with Crippen LogP contribution in [0.3, 0.4) is 0 Å². The first-order valence-corrected chi connectivity index (χ1v) is 10.9. The number of halogens is 1. The molecular formula is C23H21BrN6O2. The Morgan fingerprint density at radius 3 is 2.88 bits per heavy atom. The zero-order valence-corrected chi connectivity index (χ0v) is 19.2. The molecule has 8 nitrogen and oxygen atoms in total. The Kier molecular flexibility index (Phi) is 5.15. The molecule has 1 unspecified atom stereocenters. The van der Waals surface area contributed by atoms with E-state index in [1.54, 1.807) is 28.0 Å². The molecule has 1 aromatic carbocycles. The molecule has 9 heteroatoms. The topological polar surface area (TPSA) is 99.2 Å². The Labute approximate surface area is 193 Å². The lowest BCUT2D eigenvalue weighted by molar-refractivity contribution is 0.0801. The highest BCUT2D eigenvalue weighted by molar-refractivity contribution is 9.10. The first-order valence-electron chi connectivity index (χ1n) is 10.2. The highest BCUT2D eigenvalue weighted by Gasteiger charge is 2.27. The SMILES string of the molecule is CC1OCc2c1c(N)nc1ccc(C(=O)N(Cc3ccc(Br)cn3)c3cnn(C)c3)cc21. The number of pyridine rings is 2. The number of nitrogens with two attached hydrogens (primary N) is 1. The molecular weight excluding hydrogens is 472 g/mol. The van der Waals surface area contributed by atoms with E-state index in [1.165, 1.54) is 0 Å². The number of fused-ring (bicyclic) bond motifs is 3. The van der Waals surface area contributed by atoms with E-state index >= 15 is 0 Å². The third kappa shape index (κ3) is 3.63. The Morgan fingerprint density at radius 1 is 1.31 bits per heavy atom. The molecule has 0 aliphatic carbocycles. The van der Waals surface area contributed by atoms with Crippen molar-refractivity contribution in [2.75, 3.05) is 10.6 Å². The van der Waals surface area contributed by atoms with E-state index in [4.69, 9.17) is 10.5 Å². The van der Waals surface area contributed by atoms with Crippen molar-refractivity contribution < 1.29 is 9.53 Å². The Bertz CT molecular complexity index is 1330. The lowest BCUT2D eigenvalue weighted by Gasteiger charge is -2.21. The van der Waals surface area contributed by atoms with Crippen molar-refractivity contribution in [1.82, 2.24) is 19.7 Å². The second-order valence-corrected chi connectivity index (χ2v) is 8.72. The fraction of sp³-hybridized carbons (Fsp3) is 0.217. The summed E-state index contributed by atoms with van der Waals surface area (Å²) in [5, 5.41) is 5.13. The van der Waals surface area contributed by atoms with E-state index in [0.717, 1.165) is 32.2 Å². The van der Waals surface area contributed by atoms with Crippen LogP contribution in [-0.2, 0) is 24.9 Å². The Morgan fingerprint density at radius 2 is 2.16 bits per heavy atom. The second-order valence-electron chi connectivity index (χ2n) is 7.81. The van der Waals surface area contributed by atoms with Crippen LogP contribution in [0.4, 0.5) is 11.5 Å². The molecule has 162 valence electrons. The third-order valence-electron chi connectivity index (χ3n) is 5.65. The average molecular weight is 493 g/mol. The monoisotopic (exact) mass is 492 g/mol. The van der Waals surface area contributed by atoms with Gasteiger partial charge in [-0.15, -0.1) is 0 Å². The summed E-state index contributed by atoms with van der Waals surface area (Å²) in [7, 11) is 1.82. The number of aromatic nitrogens is 4. The van der Waals surface area contributed by atoms with Gasteiger partial charge in [-0.05, 0) is 58.7 Å². The maximum Gasteiger partial charge on any atom is 0.258 e. The fourth-order valence-corrected chi connectivity index (χ4v) is 4.28. The molecule has 0 spiro atoms. The summed E-state index contributed by atoms with van der Waals surface area (Å²) in [5.74, 6) is 0.331. The highest BCUT2D eigenvalue weighted by Crippen LogP contribution is 2.38. The van der Waals surface area contributed by atoms with E-state index in [-0.39, 0.29) is 12.0 Å². The van der Waals surface area contributed by atoms with Crippen LogP contribution in [0.5, 0.6) is 0 Å². The van der Waals surface area contributed by atoms with Crippen LogP contribution < -0.4 is 10.6 Å². The number of hydrogen-bond acceptors (Lipinski definition) is 6. The zero-order valence-electron chi connectivity index (χ0n) is 17.6. The summed E-state index contributed by atoms with van der Waals surface area (Å²) in [6.07, 6.45) is 5.09. The van der Waals surface area contributed by atoms with Crippen LogP contribution in [0.15, 0.2) is 53.4 Å². The first kappa shape index (κ1) is 20.6. The summed E-state index contributed by atoms with van der Waals surface area (Å²) in [4.78, 5) is 24.3. The summed E-state index contributed by atoms with van der Waals surface area (Å²) in [6, 6.07) is 9.29. The van der Waals surface area contributed by atoms with Gasteiger partial charge in [0.05, 0.1) is 42.4 Å². The van der Waals surface area contributed by atoms with Gasteiger partial charge in [0.15, 0.2) is 0 Å². The maximum atomic E-state index is 13.7. The summed E-state index contributed by atoms with van der Waals surface area (Å²) in [5.41, 5.74) is 10.8. The minimum absolute atomic E-state index is 0.114. The van der Waals surface area contributed by atoms with Crippen molar-refractivity contribution in [2.24, 2.45) is 7.05 Å². The number of ether oxygens (including phenoxy) is 1. The molecule has 3 aromatic heterocycles. The summed E-state index contributed by atoms with van der Waals surface area (Å²) in [6.45, 7) is 2.72. The molecule has 0 saturated heterocycles. The van der Waals surface area contributed by atoms with Gasteiger partial charge in [-0.3, -0.25) is 19.4 Å². The highest BCUT2D eigenvalue weighted by atomic mass is 79.9. The van der Waals surface area contributed by atoms with Crippen LogP contribution in [0.2, 0.25) is 0 Å². The second kappa shape index (κ2) is 7.99. The minimum Gasteiger partial charge on any atom is -0.383 e. The molecule has 4 aromatic rings. The molecule has 32 heavy (non-hydrogen) atoms. The molecule has 0 fully saturated rings. The Hall–Kier alpha value is -3.30. The van der Waals surface area contributed by atoms with E-state index < -0.39 is 0 Å². The maximum absolute atomic E-state index is 13.7. The molecule has 1 aliphatic heterocycles. The molecule has 1 amide bonds. The van der Waals surface area contributed by atoms with Gasteiger partial charge in [-0.1, -0.05) is 0 Å². The van der Waals surface area contributed by atoms with Crippen molar-refractivity contribution >= 4 is 44.2 Å². The number of nitrogens with zero attached hydrogens (tertiary/aromatic N) is 5. The predicted molar refractivity (Wildman–Crippen MR) is 125 cm³/mol. The van der Waals surface area contributed by atoms with Crippen molar-refractivity contribution in [3.05, 3.63) is 75.8 Å². The summed E-state index contributed by atoms with van der Waals surface area (Å²) >= 11 is 3.40. The smallest absolute Gasteiger partial charge is 0.258 e. The van der Waals surface area contributed by atoms with Crippen LogP contribution >= 0.6 is 15.9 Å². The first-order chi connectivity index (χ1) is 15.4. The van der Waals surface area contributed by atoms with E-state index in [0.29, 0.717) is 30.2 Å². The number of amides is 1. The van der Waals surface area contributed by atoms with E-state index in [2.05, 4.69) is 31.0 Å². The van der Waals surface area contributed by atoms with Crippen LogP contribution in [0, 0.1) is 0 Å². The van der Waals surface area contributed by atoms with Crippen LogP contribution in [0.25, 0.3) is 10.9 Å². The number of aryl methyl sites for hydroxylation is 1. The Balaban J connectivity index is 1.57. The number of benzene rings is 1. The van der Waals surface area contributed by atoms with Crippen molar-refractivity contribution in [3.63, 3.8) is 0 Å². The fourth-order valence-electron chi connectivity index (χ4n) is 4.04. The molecule has 0 radical (unpaired) electrons. The van der Waals surface area contributed by atoms with Gasteiger partial charge in [-0.2, -0.15) is 5.10 Å². The number of hydrogen-bond donors (Lipinski definition) is 1. The number of carbonyl (C=O) groups excluding carboxylic acids is 1. The van der Waals surface area contributed by atoms with Gasteiger partial charge in [-0.25, -0.2) is 4.98 Å². The standard InChI is InChI=1S/C23H21BrN6O2/c1-13-21-19(12-32-13)18-7-14(3-6-20(18)28-22(21)25)23(31)30(17-9-27-29(2)11-17)10-16-5-4-15(24)8-26-16/h3-9,11,13H,10,12H2,1-2H3,(H2,25,28). The average Bonchev–Trinajstić information content (AvgIpc) is 3.39. The van der Waals surface area contributed by atoms with Crippen molar-refractivity contribution in [3.8, 4) is 0 Å². The number of nitrogen functional groups attached to an aromatic ring is 1.